The average Bonchev–Trinajstić information content (AvgIpc) is 2.92. The molecule has 1 aromatic rings. The van der Waals surface area contributed by atoms with Crippen molar-refractivity contribution in [2.24, 2.45) is 0 Å². The molecule has 1 unspecified atom stereocenters. The molecule has 1 aliphatic heterocycles. The molecule has 18 heavy (non-hydrogen) atoms. The maximum atomic E-state index is 10.6. The lowest BCUT2D eigenvalue weighted by molar-refractivity contribution is 0.00123. The first kappa shape index (κ1) is 13.4. The minimum Gasteiger partial charge on any atom is -0.497 e. The summed E-state index contributed by atoms with van der Waals surface area (Å²) in [6, 6.07) is 7.71. The Kier molecular flexibility index (Phi) is 3.93. The van der Waals surface area contributed by atoms with Crippen molar-refractivity contribution in [2.45, 2.75) is 38.3 Å². The molecule has 1 N–H and O–H groups in total. The molecular formula is C15H23NO2. The van der Waals surface area contributed by atoms with E-state index in [2.05, 4.69) is 18.7 Å². The Hall–Kier alpha value is -1.06. The van der Waals surface area contributed by atoms with Gasteiger partial charge in [-0.2, -0.15) is 0 Å². The number of ether oxygens (including phenoxy) is 1. The van der Waals surface area contributed by atoms with Gasteiger partial charge in [0.05, 0.1) is 13.2 Å². The van der Waals surface area contributed by atoms with Crippen LogP contribution in [-0.2, 0) is 0 Å². The van der Waals surface area contributed by atoms with Crippen LogP contribution in [-0.4, -0.2) is 35.7 Å². The molecule has 0 bridgehead atoms. The highest BCUT2D eigenvalue weighted by molar-refractivity contribution is 5.31. The minimum absolute atomic E-state index is 0.233. The van der Waals surface area contributed by atoms with Crippen LogP contribution in [0.2, 0.25) is 0 Å². The largest absolute Gasteiger partial charge is 0.497 e. The normalized spacial score (nSPS) is 18.9. The van der Waals surface area contributed by atoms with Crippen LogP contribution in [0.4, 0.5) is 0 Å². The molecule has 0 amide bonds. The lowest BCUT2D eigenvalue weighted by Gasteiger charge is -2.39. The number of hydrogen-bond acceptors (Lipinski definition) is 3. The van der Waals surface area contributed by atoms with Crippen molar-refractivity contribution in [3.63, 3.8) is 0 Å². The molecule has 1 saturated heterocycles. The highest BCUT2D eigenvalue weighted by atomic mass is 16.5. The SMILES string of the molecule is COc1cccc(C(O)C(C)(C)N2CCCC2)c1. The van der Waals surface area contributed by atoms with E-state index >= 15 is 0 Å². The maximum Gasteiger partial charge on any atom is 0.119 e. The van der Waals surface area contributed by atoms with E-state index < -0.39 is 6.10 Å². The molecule has 100 valence electrons. The predicted molar refractivity (Wildman–Crippen MR) is 72.8 cm³/mol. The summed E-state index contributed by atoms with van der Waals surface area (Å²) < 4.78 is 5.22. The third kappa shape index (κ3) is 2.52. The van der Waals surface area contributed by atoms with Gasteiger partial charge >= 0.3 is 0 Å². The van der Waals surface area contributed by atoms with Crippen LogP contribution in [0, 0.1) is 0 Å². The number of likely N-dealkylation sites (tertiary alicyclic amines) is 1. The van der Waals surface area contributed by atoms with E-state index in [0.29, 0.717) is 0 Å². The Bertz CT molecular complexity index is 397. The molecule has 0 aliphatic carbocycles. The summed E-state index contributed by atoms with van der Waals surface area (Å²) in [6.07, 6.45) is 1.97. The lowest BCUT2D eigenvalue weighted by atomic mass is 9.89. The molecule has 1 fully saturated rings. The minimum atomic E-state index is -0.495. The fourth-order valence-corrected chi connectivity index (χ4v) is 2.69. The summed E-state index contributed by atoms with van der Waals surface area (Å²) in [7, 11) is 1.65. The van der Waals surface area contributed by atoms with Crippen molar-refractivity contribution in [3.8, 4) is 5.75 Å². The molecular weight excluding hydrogens is 226 g/mol. The van der Waals surface area contributed by atoms with Crippen LogP contribution < -0.4 is 4.74 Å². The fourth-order valence-electron chi connectivity index (χ4n) is 2.69. The molecule has 1 aliphatic rings. The second-order valence-electron chi connectivity index (χ2n) is 5.53. The van der Waals surface area contributed by atoms with E-state index in [1.54, 1.807) is 7.11 Å². The van der Waals surface area contributed by atoms with Gasteiger partial charge in [-0.3, -0.25) is 4.90 Å². The average molecular weight is 249 g/mol. The van der Waals surface area contributed by atoms with Gasteiger partial charge in [0.25, 0.3) is 0 Å². The molecule has 2 rings (SSSR count). The zero-order valence-electron chi connectivity index (χ0n) is 11.5. The number of aliphatic hydroxyl groups excluding tert-OH is 1. The molecule has 1 atom stereocenters. The van der Waals surface area contributed by atoms with Gasteiger partial charge in [-0.15, -0.1) is 0 Å². The number of rotatable bonds is 4. The predicted octanol–water partition coefficient (Wildman–Crippen LogP) is 2.60. The Morgan fingerprint density at radius 3 is 2.56 bits per heavy atom. The maximum absolute atomic E-state index is 10.6. The molecule has 0 spiro atoms. The number of hydrogen-bond donors (Lipinski definition) is 1. The van der Waals surface area contributed by atoms with Gasteiger partial charge in [-0.25, -0.2) is 0 Å². The molecule has 0 saturated carbocycles. The first-order valence-electron chi connectivity index (χ1n) is 6.63. The number of methoxy groups -OCH3 is 1. The molecule has 1 aromatic carbocycles. The third-order valence-corrected chi connectivity index (χ3v) is 4.00. The number of nitrogens with zero attached hydrogens (tertiary/aromatic N) is 1. The van der Waals surface area contributed by atoms with Gasteiger partial charge in [-0.1, -0.05) is 12.1 Å². The topological polar surface area (TPSA) is 32.7 Å². The highest BCUT2D eigenvalue weighted by Gasteiger charge is 2.36. The second kappa shape index (κ2) is 5.29. The van der Waals surface area contributed by atoms with Gasteiger partial charge in [0.15, 0.2) is 0 Å². The molecule has 3 nitrogen and oxygen atoms in total. The Balaban J connectivity index is 2.20. The molecule has 1 heterocycles. The zero-order valence-corrected chi connectivity index (χ0v) is 11.5. The van der Waals surface area contributed by atoms with Crippen molar-refractivity contribution >= 4 is 0 Å². The summed E-state index contributed by atoms with van der Waals surface area (Å²) in [5.41, 5.74) is 0.689. The number of aliphatic hydroxyl groups is 1. The Morgan fingerprint density at radius 1 is 1.28 bits per heavy atom. The van der Waals surface area contributed by atoms with E-state index in [1.807, 2.05) is 24.3 Å². The van der Waals surface area contributed by atoms with Gasteiger partial charge in [-0.05, 0) is 57.5 Å². The lowest BCUT2D eigenvalue weighted by Crippen LogP contribution is -2.46. The summed E-state index contributed by atoms with van der Waals surface area (Å²) in [6.45, 7) is 6.38. The van der Waals surface area contributed by atoms with Crippen LogP contribution in [0.1, 0.15) is 38.4 Å². The van der Waals surface area contributed by atoms with Crippen LogP contribution in [0.25, 0.3) is 0 Å². The van der Waals surface area contributed by atoms with Crippen molar-refractivity contribution in [1.82, 2.24) is 4.90 Å². The Morgan fingerprint density at radius 2 is 1.94 bits per heavy atom. The van der Waals surface area contributed by atoms with E-state index in [9.17, 15) is 5.11 Å². The summed E-state index contributed by atoms with van der Waals surface area (Å²) in [5.74, 6) is 0.795. The first-order valence-corrected chi connectivity index (χ1v) is 6.63. The van der Waals surface area contributed by atoms with Crippen LogP contribution in [0.3, 0.4) is 0 Å². The fraction of sp³-hybridized carbons (Fsp3) is 0.600. The zero-order chi connectivity index (χ0) is 13.2. The molecule has 3 heteroatoms. The first-order chi connectivity index (χ1) is 8.55. The monoisotopic (exact) mass is 249 g/mol. The van der Waals surface area contributed by atoms with Crippen LogP contribution in [0.15, 0.2) is 24.3 Å². The van der Waals surface area contributed by atoms with E-state index in [1.165, 1.54) is 12.8 Å². The van der Waals surface area contributed by atoms with Crippen molar-refractivity contribution in [2.75, 3.05) is 20.2 Å². The van der Waals surface area contributed by atoms with E-state index in [0.717, 1.165) is 24.4 Å². The van der Waals surface area contributed by atoms with Gasteiger partial charge in [0, 0.05) is 5.54 Å². The standard InChI is InChI=1S/C15H23NO2/c1-15(2,16-9-4-5-10-16)14(17)12-7-6-8-13(11-12)18-3/h6-8,11,14,17H,4-5,9-10H2,1-3H3. The van der Waals surface area contributed by atoms with E-state index in [4.69, 9.17) is 4.74 Å². The second-order valence-corrected chi connectivity index (χ2v) is 5.53. The molecule has 0 radical (unpaired) electrons. The van der Waals surface area contributed by atoms with Gasteiger partial charge < -0.3 is 9.84 Å². The summed E-state index contributed by atoms with van der Waals surface area (Å²) >= 11 is 0. The number of benzene rings is 1. The molecule has 0 aromatic heterocycles. The van der Waals surface area contributed by atoms with Crippen molar-refractivity contribution < 1.29 is 9.84 Å². The third-order valence-electron chi connectivity index (χ3n) is 4.00. The van der Waals surface area contributed by atoms with Crippen molar-refractivity contribution in [3.05, 3.63) is 29.8 Å². The van der Waals surface area contributed by atoms with Crippen LogP contribution >= 0.6 is 0 Å². The summed E-state index contributed by atoms with van der Waals surface area (Å²) in [4.78, 5) is 2.37. The van der Waals surface area contributed by atoms with Crippen LogP contribution in [0.5, 0.6) is 5.75 Å². The quantitative estimate of drug-likeness (QED) is 0.890. The smallest absolute Gasteiger partial charge is 0.119 e. The van der Waals surface area contributed by atoms with E-state index in [-0.39, 0.29) is 5.54 Å². The highest BCUT2D eigenvalue weighted by Crippen LogP contribution is 2.34. The van der Waals surface area contributed by atoms with Gasteiger partial charge in [0.1, 0.15) is 5.75 Å². The summed E-state index contributed by atoms with van der Waals surface area (Å²) in [5, 5.41) is 10.6. The Labute approximate surface area is 109 Å². The van der Waals surface area contributed by atoms with Crippen molar-refractivity contribution in [1.29, 1.82) is 0 Å². The van der Waals surface area contributed by atoms with Gasteiger partial charge in [0.2, 0.25) is 0 Å².